The monoisotopic (exact) mass is 307 g/mol. The molecule has 2 aromatic rings. The van der Waals surface area contributed by atoms with E-state index in [4.69, 9.17) is 16.7 Å². The van der Waals surface area contributed by atoms with Gasteiger partial charge < -0.3 is 10.4 Å². The summed E-state index contributed by atoms with van der Waals surface area (Å²) in [6.07, 6.45) is 0. The van der Waals surface area contributed by atoms with E-state index in [1.165, 1.54) is 30.3 Å². The Morgan fingerprint density at radius 3 is 2.57 bits per heavy atom. The Bertz CT molecular complexity index is 731. The number of nitrogens with one attached hydrogen (secondary N) is 1. The quantitative estimate of drug-likeness (QED) is 0.907. The topological polar surface area (TPSA) is 66.4 Å². The lowest BCUT2D eigenvalue weighted by Crippen LogP contribution is -2.15. The highest BCUT2D eigenvalue weighted by Gasteiger charge is 2.17. The van der Waals surface area contributed by atoms with Crippen molar-refractivity contribution in [3.63, 3.8) is 0 Å². The lowest BCUT2D eigenvalue weighted by Gasteiger charge is -2.10. The van der Waals surface area contributed by atoms with Crippen LogP contribution in [-0.2, 0) is 0 Å². The summed E-state index contributed by atoms with van der Waals surface area (Å²) < 4.78 is 13.5. The summed E-state index contributed by atoms with van der Waals surface area (Å²) in [7, 11) is 0. The van der Waals surface area contributed by atoms with Crippen molar-refractivity contribution in [3.05, 3.63) is 63.9 Å². The standard InChI is InChI=1S/C15H11ClFNO3/c1-8-5-6-9(7-11(8)17)14(19)18-12-4-2-3-10(16)13(12)15(20)21/h2-7H,1H3,(H,18,19)(H,20,21). The van der Waals surface area contributed by atoms with Gasteiger partial charge in [0.05, 0.1) is 10.7 Å². The molecule has 0 saturated carbocycles. The second-order valence-electron chi connectivity index (χ2n) is 4.39. The molecule has 0 fully saturated rings. The SMILES string of the molecule is Cc1ccc(C(=O)Nc2cccc(Cl)c2C(=O)O)cc1F. The van der Waals surface area contributed by atoms with Gasteiger partial charge in [-0.15, -0.1) is 0 Å². The normalized spacial score (nSPS) is 10.2. The van der Waals surface area contributed by atoms with Crippen molar-refractivity contribution in [3.8, 4) is 0 Å². The number of rotatable bonds is 3. The van der Waals surface area contributed by atoms with Gasteiger partial charge in [0.2, 0.25) is 0 Å². The van der Waals surface area contributed by atoms with Crippen LogP contribution < -0.4 is 5.32 Å². The average molecular weight is 308 g/mol. The van der Waals surface area contributed by atoms with E-state index in [-0.39, 0.29) is 21.8 Å². The zero-order valence-corrected chi connectivity index (χ0v) is 11.7. The van der Waals surface area contributed by atoms with E-state index in [9.17, 15) is 14.0 Å². The van der Waals surface area contributed by atoms with E-state index in [0.29, 0.717) is 5.56 Å². The zero-order chi connectivity index (χ0) is 15.6. The molecule has 2 aromatic carbocycles. The Morgan fingerprint density at radius 1 is 1.24 bits per heavy atom. The van der Waals surface area contributed by atoms with E-state index in [1.54, 1.807) is 6.92 Å². The molecule has 0 spiro atoms. The van der Waals surface area contributed by atoms with Crippen LogP contribution in [0.5, 0.6) is 0 Å². The number of amides is 1. The molecule has 1 amide bonds. The maximum absolute atomic E-state index is 13.5. The molecule has 108 valence electrons. The van der Waals surface area contributed by atoms with Crippen LogP contribution in [0.4, 0.5) is 10.1 Å². The van der Waals surface area contributed by atoms with Crippen LogP contribution in [0.25, 0.3) is 0 Å². The van der Waals surface area contributed by atoms with Gasteiger partial charge in [-0.3, -0.25) is 4.79 Å². The molecule has 0 aliphatic heterocycles. The summed E-state index contributed by atoms with van der Waals surface area (Å²) in [6, 6.07) is 8.36. The predicted molar refractivity (Wildman–Crippen MR) is 77.5 cm³/mol. The first-order valence-corrected chi connectivity index (χ1v) is 6.37. The molecule has 0 saturated heterocycles. The lowest BCUT2D eigenvalue weighted by atomic mass is 10.1. The predicted octanol–water partition coefficient (Wildman–Crippen LogP) is 3.74. The van der Waals surface area contributed by atoms with Crippen molar-refractivity contribution >= 4 is 29.2 Å². The number of benzene rings is 2. The summed E-state index contributed by atoms with van der Waals surface area (Å²) in [6.45, 7) is 1.58. The molecule has 0 aliphatic carbocycles. The van der Waals surface area contributed by atoms with Gasteiger partial charge >= 0.3 is 5.97 Å². The van der Waals surface area contributed by atoms with Gasteiger partial charge in [0, 0.05) is 5.56 Å². The first-order valence-electron chi connectivity index (χ1n) is 5.99. The summed E-state index contributed by atoms with van der Waals surface area (Å²) in [5, 5.41) is 11.5. The second kappa shape index (κ2) is 5.93. The Hall–Kier alpha value is -2.40. The number of halogens is 2. The van der Waals surface area contributed by atoms with Crippen LogP contribution in [-0.4, -0.2) is 17.0 Å². The molecule has 2 rings (SSSR count). The minimum absolute atomic E-state index is 0.00962. The number of carboxylic acid groups (broad SMARTS) is 1. The molecule has 2 N–H and O–H groups in total. The molecular weight excluding hydrogens is 297 g/mol. The Labute approximate surface area is 125 Å². The summed E-state index contributed by atoms with van der Waals surface area (Å²) in [4.78, 5) is 23.2. The van der Waals surface area contributed by atoms with Crippen LogP contribution in [0.2, 0.25) is 5.02 Å². The van der Waals surface area contributed by atoms with Crippen molar-refractivity contribution in [2.24, 2.45) is 0 Å². The molecule has 0 heterocycles. The maximum Gasteiger partial charge on any atom is 0.339 e. The molecular formula is C15H11ClFNO3. The molecule has 0 aliphatic rings. The first kappa shape index (κ1) is 15.0. The van der Waals surface area contributed by atoms with Gasteiger partial charge in [0.1, 0.15) is 11.4 Å². The average Bonchev–Trinajstić information content (AvgIpc) is 2.41. The van der Waals surface area contributed by atoms with E-state index in [1.807, 2.05) is 0 Å². The Kier molecular flexibility index (Phi) is 4.23. The number of carboxylic acids is 1. The van der Waals surface area contributed by atoms with Gasteiger partial charge in [0.25, 0.3) is 5.91 Å². The minimum Gasteiger partial charge on any atom is -0.478 e. The molecule has 0 bridgehead atoms. The van der Waals surface area contributed by atoms with E-state index >= 15 is 0 Å². The van der Waals surface area contributed by atoms with Gasteiger partial charge in [0.15, 0.2) is 0 Å². The third-order valence-electron chi connectivity index (χ3n) is 2.91. The number of carbonyl (C=O) groups is 2. The minimum atomic E-state index is -1.26. The number of anilines is 1. The molecule has 0 aromatic heterocycles. The summed E-state index contributed by atoms with van der Waals surface area (Å²) in [5.41, 5.74) is 0.357. The third-order valence-corrected chi connectivity index (χ3v) is 3.22. The highest BCUT2D eigenvalue weighted by atomic mass is 35.5. The van der Waals surface area contributed by atoms with Crippen LogP contribution in [0.3, 0.4) is 0 Å². The molecule has 0 unspecified atom stereocenters. The number of aryl methyl sites for hydroxylation is 1. The zero-order valence-electron chi connectivity index (χ0n) is 11.0. The molecule has 6 heteroatoms. The Morgan fingerprint density at radius 2 is 1.95 bits per heavy atom. The van der Waals surface area contributed by atoms with Crippen LogP contribution in [0, 0.1) is 12.7 Å². The lowest BCUT2D eigenvalue weighted by molar-refractivity contribution is 0.0698. The third kappa shape index (κ3) is 3.20. The highest BCUT2D eigenvalue weighted by Crippen LogP contribution is 2.25. The second-order valence-corrected chi connectivity index (χ2v) is 4.79. The fourth-order valence-corrected chi connectivity index (χ4v) is 2.03. The van der Waals surface area contributed by atoms with Crippen molar-refractivity contribution in [2.45, 2.75) is 6.92 Å². The first-order chi connectivity index (χ1) is 9.90. The molecule has 0 atom stereocenters. The summed E-state index contributed by atoms with van der Waals surface area (Å²) in [5.74, 6) is -2.38. The number of hydrogen-bond donors (Lipinski definition) is 2. The van der Waals surface area contributed by atoms with Crippen molar-refractivity contribution in [2.75, 3.05) is 5.32 Å². The number of carbonyl (C=O) groups excluding carboxylic acids is 1. The molecule has 21 heavy (non-hydrogen) atoms. The largest absolute Gasteiger partial charge is 0.478 e. The van der Waals surface area contributed by atoms with Gasteiger partial charge in [-0.05, 0) is 36.8 Å². The van der Waals surface area contributed by atoms with Crippen molar-refractivity contribution in [1.82, 2.24) is 0 Å². The van der Waals surface area contributed by atoms with Gasteiger partial charge in [-0.1, -0.05) is 23.7 Å². The Balaban J connectivity index is 2.34. The molecule has 0 radical (unpaired) electrons. The number of hydrogen-bond acceptors (Lipinski definition) is 2. The smallest absolute Gasteiger partial charge is 0.339 e. The molecule has 4 nitrogen and oxygen atoms in total. The van der Waals surface area contributed by atoms with E-state index in [2.05, 4.69) is 5.32 Å². The van der Waals surface area contributed by atoms with Crippen molar-refractivity contribution < 1.29 is 19.1 Å². The van der Waals surface area contributed by atoms with Gasteiger partial charge in [-0.25, -0.2) is 9.18 Å². The fraction of sp³-hybridized carbons (Fsp3) is 0.0667. The fourth-order valence-electron chi connectivity index (χ4n) is 1.77. The summed E-state index contributed by atoms with van der Waals surface area (Å²) >= 11 is 5.81. The van der Waals surface area contributed by atoms with Crippen LogP contribution >= 0.6 is 11.6 Å². The van der Waals surface area contributed by atoms with Crippen LogP contribution in [0.1, 0.15) is 26.3 Å². The van der Waals surface area contributed by atoms with E-state index < -0.39 is 17.7 Å². The van der Waals surface area contributed by atoms with Crippen molar-refractivity contribution in [1.29, 1.82) is 0 Å². The number of aromatic carboxylic acids is 1. The van der Waals surface area contributed by atoms with E-state index in [0.717, 1.165) is 6.07 Å². The maximum atomic E-state index is 13.5. The highest BCUT2D eigenvalue weighted by molar-refractivity contribution is 6.34. The van der Waals surface area contributed by atoms with Gasteiger partial charge in [-0.2, -0.15) is 0 Å². The van der Waals surface area contributed by atoms with Crippen LogP contribution in [0.15, 0.2) is 36.4 Å².